The van der Waals surface area contributed by atoms with Crippen molar-refractivity contribution in [2.75, 3.05) is 19.0 Å². The lowest BCUT2D eigenvalue weighted by Crippen LogP contribution is -2.20. The minimum Gasteiger partial charge on any atom is -0.489 e. The van der Waals surface area contributed by atoms with Crippen LogP contribution in [0.3, 0.4) is 0 Å². The maximum Gasteiger partial charge on any atom is 0.337 e. The molecule has 3 aromatic carbocycles. The number of nitrogens with one attached hydrogen (secondary N) is 1. The summed E-state index contributed by atoms with van der Waals surface area (Å²) in [5.74, 6) is 0.483. The zero-order valence-corrected chi connectivity index (χ0v) is 16.0. The van der Waals surface area contributed by atoms with E-state index in [4.69, 9.17) is 9.47 Å². The van der Waals surface area contributed by atoms with Crippen molar-refractivity contribution in [1.82, 2.24) is 0 Å². The van der Waals surface area contributed by atoms with E-state index in [1.54, 1.807) is 48.5 Å². The molecule has 0 heterocycles. The number of methoxy groups -OCH3 is 1. The molecule has 3 aromatic rings. The van der Waals surface area contributed by atoms with E-state index in [0.717, 1.165) is 5.56 Å². The second-order valence-electron chi connectivity index (χ2n) is 6.15. The van der Waals surface area contributed by atoms with Gasteiger partial charge in [-0.05, 0) is 54.1 Å². The zero-order valence-electron chi connectivity index (χ0n) is 16.0. The summed E-state index contributed by atoms with van der Waals surface area (Å²) < 4.78 is 15.8. The van der Waals surface area contributed by atoms with Crippen molar-refractivity contribution in [2.24, 2.45) is 0 Å². The molecule has 0 aliphatic rings. The maximum atomic E-state index is 12.1. The van der Waals surface area contributed by atoms with Crippen LogP contribution in [0, 0.1) is 0 Å². The van der Waals surface area contributed by atoms with Crippen LogP contribution in [0.1, 0.15) is 15.9 Å². The van der Waals surface area contributed by atoms with Gasteiger partial charge in [-0.1, -0.05) is 30.3 Å². The van der Waals surface area contributed by atoms with Crippen molar-refractivity contribution in [3.63, 3.8) is 0 Å². The molecule has 0 unspecified atom stereocenters. The number of rotatable bonds is 8. The van der Waals surface area contributed by atoms with E-state index < -0.39 is 5.97 Å². The molecule has 0 bridgehead atoms. The number of hydrogen-bond donors (Lipinski definition) is 1. The maximum absolute atomic E-state index is 12.1. The average Bonchev–Trinajstić information content (AvgIpc) is 2.78. The SMILES string of the molecule is COC(=O)c1ccc(OCC(=O)Nc2ccc(OCc3ccccc3)cc2)cc1. The molecule has 29 heavy (non-hydrogen) atoms. The fourth-order valence-corrected chi connectivity index (χ4v) is 2.53. The number of benzene rings is 3. The molecule has 0 radical (unpaired) electrons. The molecule has 0 spiro atoms. The van der Waals surface area contributed by atoms with Gasteiger partial charge in [-0.3, -0.25) is 4.79 Å². The molecular weight excluding hydrogens is 370 g/mol. The first-order valence-corrected chi connectivity index (χ1v) is 9.02. The second-order valence-corrected chi connectivity index (χ2v) is 6.15. The number of ether oxygens (including phenoxy) is 3. The highest BCUT2D eigenvalue weighted by molar-refractivity contribution is 5.92. The van der Waals surface area contributed by atoms with Gasteiger partial charge < -0.3 is 19.5 Å². The Balaban J connectivity index is 1.45. The van der Waals surface area contributed by atoms with Crippen molar-refractivity contribution in [2.45, 2.75) is 6.61 Å². The summed E-state index contributed by atoms with van der Waals surface area (Å²) in [6.07, 6.45) is 0. The van der Waals surface area contributed by atoms with Crippen molar-refractivity contribution < 1.29 is 23.8 Å². The van der Waals surface area contributed by atoms with Crippen LogP contribution < -0.4 is 14.8 Å². The Labute approximate surface area is 169 Å². The first kappa shape index (κ1) is 19.9. The van der Waals surface area contributed by atoms with Gasteiger partial charge in [0.25, 0.3) is 5.91 Å². The molecule has 0 saturated carbocycles. The highest BCUT2D eigenvalue weighted by atomic mass is 16.5. The smallest absolute Gasteiger partial charge is 0.337 e. The summed E-state index contributed by atoms with van der Waals surface area (Å²) in [6.45, 7) is 0.332. The number of carbonyl (C=O) groups excluding carboxylic acids is 2. The lowest BCUT2D eigenvalue weighted by molar-refractivity contribution is -0.118. The molecule has 0 aliphatic heterocycles. The van der Waals surface area contributed by atoms with Crippen LogP contribution in [0.15, 0.2) is 78.9 Å². The van der Waals surface area contributed by atoms with Crippen LogP contribution in [0.25, 0.3) is 0 Å². The molecule has 1 N–H and O–H groups in total. The van der Waals surface area contributed by atoms with E-state index in [1.165, 1.54) is 7.11 Å². The largest absolute Gasteiger partial charge is 0.489 e. The van der Waals surface area contributed by atoms with Gasteiger partial charge in [0.2, 0.25) is 0 Å². The van der Waals surface area contributed by atoms with Crippen molar-refractivity contribution in [3.05, 3.63) is 90.0 Å². The van der Waals surface area contributed by atoms with Crippen molar-refractivity contribution in [3.8, 4) is 11.5 Å². The van der Waals surface area contributed by atoms with Crippen LogP contribution in [0.5, 0.6) is 11.5 Å². The average molecular weight is 391 g/mol. The van der Waals surface area contributed by atoms with E-state index in [-0.39, 0.29) is 12.5 Å². The molecule has 0 atom stereocenters. The van der Waals surface area contributed by atoms with Gasteiger partial charge in [0.1, 0.15) is 18.1 Å². The molecule has 6 heteroatoms. The molecular formula is C23H21NO5. The topological polar surface area (TPSA) is 73.9 Å². The number of amides is 1. The molecule has 3 rings (SSSR count). The first-order chi connectivity index (χ1) is 14.1. The van der Waals surface area contributed by atoms with Gasteiger partial charge in [-0.15, -0.1) is 0 Å². The van der Waals surface area contributed by atoms with Gasteiger partial charge in [0.05, 0.1) is 12.7 Å². The summed E-state index contributed by atoms with van der Waals surface area (Å²) in [6, 6.07) is 23.4. The predicted octanol–water partition coefficient (Wildman–Crippen LogP) is 4.07. The third kappa shape index (κ3) is 6.10. The normalized spacial score (nSPS) is 10.1. The van der Waals surface area contributed by atoms with Gasteiger partial charge in [-0.25, -0.2) is 4.79 Å². The number of carbonyl (C=O) groups is 2. The van der Waals surface area contributed by atoms with E-state index in [0.29, 0.717) is 29.4 Å². The van der Waals surface area contributed by atoms with Crippen LogP contribution in [0.4, 0.5) is 5.69 Å². The van der Waals surface area contributed by atoms with Crippen LogP contribution in [-0.2, 0) is 16.1 Å². The minimum atomic E-state index is -0.425. The Morgan fingerprint density at radius 2 is 1.41 bits per heavy atom. The van der Waals surface area contributed by atoms with Gasteiger partial charge in [0.15, 0.2) is 6.61 Å². The van der Waals surface area contributed by atoms with E-state index in [9.17, 15) is 9.59 Å². The molecule has 0 saturated heterocycles. The zero-order chi connectivity index (χ0) is 20.5. The molecule has 6 nitrogen and oxygen atoms in total. The molecule has 0 fully saturated rings. The minimum absolute atomic E-state index is 0.149. The van der Waals surface area contributed by atoms with Crippen LogP contribution >= 0.6 is 0 Å². The van der Waals surface area contributed by atoms with Crippen molar-refractivity contribution >= 4 is 17.6 Å². The predicted molar refractivity (Wildman–Crippen MR) is 109 cm³/mol. The number of hydrogen-bond acceptors (Lipinski definition) is 5. The molecule has 1 amide bonds. The Kier molecular flexibility index (Phi) is 6.84. The summed E-state index contributed by atoms with van der Waals surface area (Å²) >= 11 is 0. The standard InChI is InChI=1S/C23H21NO5/c1-27-23(26)18-7-11-20(12-8-18)29-16-22(25)24-19-9-13-21(14-10-19)28-15-17-5-3-2-4-6-17/h2-14H,15-16H2,1H3,(H,24,25). The monoisotopic (exact) mass is 391 g/mol. The molecule has 148 valence electrons. The second kappa shape index (κ2) is 9.94. The Bertz CT molecular complexity index is 937. The third-order valence-corrected chi connectivity index (χ3v) is 4.03. The highest BCUT2D eigenvalue weighted by Crippen LogP contribution is 2.17. The summed E-state index contributed by atoms with van der Waals surface area (Å²) in [5, 5.41) is 2.76. The van der Waals surface area contributed by atoms with Crippen molar-refractivity contribution in [1.29, 1.82) is 0 Å². The summed E-state index contributed by atoms with van der Waals surface area (Å²) in [5.41, 5.74) is 2.15. The lowest BCUT2D eigenvalue weighted by atomic mass is 10.2. The molecule has 0 aliphatic carbocycles. The van der Waals surface area contributed by atoms with Crippen LogP contribution in [0.2, 0.25) is 0 Å². The fourth-order valence-electron chi connectivity index (χ4n) is 2.53. The van der Waals surface area contributed by atoms with E-state index in [1.807, 2.05) is 30.3 Å². The van der Waals surface area contributed by atoms with Gasteiger partial charge >= 0.3 is 5.97 Å². The van der Waals surface area contributed by atoms with E-state index >= 15 is 0 Å². The number of anilines is 1. The van der Waals surface area contributed by atoms with Gasteiger partial charge in [-0.2, -0.15) is 0 Å². The first-order valence-electron chi connectivity index (χ1n) is 9.02. The molecule has 0 aromatic heterocycles. The van der Waals surface area contributed by atoms with E-state index in [2.05, 4.69) is 10.1 Å². The Morgan fingerprint density at radius 1 is 0.793 bits per heavy atom. The highest BCUT2D eigenvalue weighted by Gasteiger charge is 2.07. The Hall–Kier alpha value is -3.80. The lowest BCUT2D eigenvalue weighted by Gasteiger charge is -2.09. The number of esters is 1. The fraction of sp³-hybridized carbons (Fsp3) is 0.130. The summed E-state index contributed by atoms with van der Waals surface area (Å²) in [7, 11) is 1.32. The van der Waals surface area contributed by atoms with Crippen LogP contribution in [-0.4, -0.2) is 25.6 Å². The quantitative estimate of drug-likeness (QED) is 0.586. The van der Waals surface area contributed by atoms with Gasteiger partial charge in [0, 0.05) is 5.69 Å². The Morgan fingerprint density at radius 3 is 2.07 bits per heavy atom. The summed E-state index contributed by atoms with van der Waals surface area (Å²) in [4.78, 5) is 23.5. The third-order valence-electron chi connectivity index (χ3n) is 4.03.